The van der Waals surface area contributed by atoms with Crippen LogP contribution in [0.5, 0.6) is 0 Å². The third-order valence-electron chi connectivity index (χ3n) is 4.50. The molecule has 0 aliphatic rings. The fraction of sp³-hybridized carbons (Fsp3) is 0.200. The Morgan fingerprint density at radius 1 is 1.15 bits per heavy atom. The molecule has 1 aromatic carbocycles. The topological polar surface area (TPSA) is 51.9 Å². The van der Waals surface area contributed by atoms with Crippen LogP contribution in [-0.2, 0) is 11.3 Å². The molecule has 1 amide bonds. The molecular weight excluding hydrogens is 344 g/mol. The summed E-state index contributed by atoms with van der Waals surface area (Å²) in [5, 5.41) is 7.20. The van der Waals surface area contributed by atoms with Crippen molar-refractivity contribution in [2.45, 2.75) is 19.0 Å². The van der Waals surface area contributed by atoms with Gasteiger partial charge in [-0.15, -0.1) is 0 Å². The summed E-state index contributed by atoms with van der Waals surface area (Å²) in [5.74, 6) is 0.0549. The number of carbonyl (C=O) groups excluding carboxylic acids is 1. The predicted molar refractivity (Wildman–Crippen MR) is 104 cm³/mol. The summed E-state index contributed by atoms with van der Waals surface area (Å²) in [4.78, 5) is 16.9. The molecule has 3 heterocycles. The number of hydrogen-bond acceptors (Lipinski definition) is 3. The van der Waals surface area contributed by atoms with E-state index in [-0.39, 0.29) is 11.9 Å². The van der Waals surface area contributed by atoms with E-state index in [0.717, 1.165) is 11.0 Å². The molecule has 0 saturated heterocycles. The Kier molecular flexibility index (Phi) is 4.84. The fourth-order valence-electron chi connectivity index (χ4n) is 3.17. The minimum absolute atomic E-state index is 0.0327. The summed E-state index contributed by atoms with van der Waals surface area (Å²) < 4.78 is 4.16. The molecule has 0 saturated carbocycles. The van der Waals surface area contributed by atoms with E-state index in [2.05, 4.69) is 30.9 Å². The van der Waals surface area contributed by atoms with E-state index >= 15 is 0 Å². The minimum Gasteiger partial charge on any atom is -0.354 e. The molecule has 4 rings (SSSR count). The lowest BCUT2D eigenvalue weighted by Gasteiger charge is -2.18. The maximum atomic E-state index is 12.5. The summed E-state index contributed by atoms with van der Waals surface area (Å²) in [6, 6.07) is 14.1. The number of imidazole rings is 1. The van der Waals surface area contributed by atoms with Crippen molar-refractivity contribution in [3.63, 3.8) is 0 Å². The monoisotopic (exact) mass is 364 g/mol. The first-order chi connectivity index (χ1) is 12.8. The zero-order chi connectivity index (χ0) is 17.8. The van der Waals surface area contributed by atoms with Crippen LogP contribution >= 0.6 is 11.3 Å². The molecule has 1 N–H and O–H groups in total. The van der Waals surface area contributed by atoms with Crippen LogP contribution in [0.2, 0.25) is 0 Å². The molecule has 0 unspecified atom stereocenters. The summed E-state index contributed by atoms with van der Waals surface area (Å²) in [6.45, 7) is 1.29. The van der Waals surface area contributed by atoms with Gasteiger partial charge in [-0.1, -0.05) is 12.1 Å². The van der Waals surface area contributed by atoms with Crippen LogP contribution in [0.25, 0.3) is 11.0 Å². The summed E-state index contributed by atoms with van der Waals surface area (Å²) >= 11 is 1.65. The Labute approximate surface area is 155 Å². The van der Waals surface area contributed by atoms with Gasteiger partial charge in [-0.25, -0.2) is 4.98 Å². The Hall–Kier alpha value is -2.86. The quantitative estimate of drug-likeness (QED) is 0.544. The smallest absolute Gasteiger partial charge is 0.222 e. The van der Waals surface area contributed by atoms with Gasteiger partial charge in [-0.2, -0.15) is 11.3 Å². The third-order valence-corrected chi connectivity index (χ3v) is 5.20. The number of hydrogen-bond donors (Lipinski definition) is 1. The summed E-state index contributed by atoms with van der Waals surface area (Å²) in [5.41, 5.74) is 3.23. The van der Waals surface area contributed by atoms with Gasteiger partial charge in [-0.3, -0.25) is 4.79 Å². The van der Waals surface area contributed by atoms with Gasteiger partial charge in [-0.05, 0) is 46.7 Å². The van der Waals surface area contributed by atoms with Crippen molar-refractivity contribution in [1.29, 1.82) is 0 Å². The number of thiophene rings is 1. The summed E-state index contributed by atoms with van der Waals surface area (Å²) in [7, 11) is 0. The molecule has 0 aliphatic carbocycles. The normalized spacial score (nSPS) is 12.3. The van der Waals surface area contributed by atoms with E-state index in [1.54, 1.807) is 11.3 Å². The average molecular weight is 364 g/mol. The molecule has 0 spiro atoms. The van der Waals surface area contributed by atoms with Crippen LogP contribution in [0.3, 0.4) is 0 Å². The highest BCUT2D eigenvalue weighted by Crippen LogP contribution is 2.24. The Morgan fingerprint density at radius 2 is 2.00 bits per heavy atom. The van der Waals surface area contributed by atoms with E-state index in [4.69, 9.17) is 0 Å². The Bertz CT molecular complexity index is 938. The first-order valence-corrected chi connectivity index (χ1v) is 9.56. The number of nitrogens with zero attached hydrogens (tertiary/aromatic N) is 3. The lowest BCUT2D eigenvalue weighted by Crippen LogP contribution is -2.29. The highest BCUT2D eigenvalue weighted by molar-refractivity contribution is 7.08. The number of aromatic nitrogens is 3. The van der Waals surface area contributed by atoms with Gasteiger partial charge in [0.2, 0.25) is 5.91 Å². The van der Waals surface area contributed by atoms with E-state index in [0.29, 0.717) is 19.5 Å². The van der Waals surface area contributed by atoms with Crippen LogP contribution < -0.4 is 5.32 Å². The lowest BCUT2D eigenvalue weighted by molar-refractivity contribution is -0.121. The maximum absolute atomic E-state index is 12.5. The molecule has 0 bridgehead atoms. The van der Waals surface area contributed by atoms with Crippen molar-refractivity contribution in [3.05, 3.63) is 77.5 Å². The largest absolute Gasteiger partial charge is 0.354 e. The van der Waals surface area contributed by atoms with Gasteiger partial charge >= 0.3 is 0 Å². The molecule has 132 valence electrons. The zero-order valence-corrected chi connectivity index (χ0v) is 15.1. The van der Waals surface area contributed by atoms with E-state index in [9.17, 15) is 4.79 Å². The molecule has 3 aromatic heterocycles. The Morgan fingerprint density at radius 3 is 2.81 bits per heavy atom. The van der Waals surface area contributed by atoms with Gasteiger partial charge in [0.05, 0.1) is 29.8 Å². The second-order valence-electron chi connectivity index (χ2n) is 6.18. The van der Waals surface area contributed by atoms with Crippen LogP contribution in [0.15, 0.2) is 71.9 Å². The van der Waals surface area contributed by atoms with Gasteiger partial charge in [0.1, 0.15) is 0 Å². The number of amides is 1. The number of benzene rings is 1. The van der Waals surface area contributed by atoms with Crippen molar-refractivity contribution in [3.8, 4) is 0 Å². The minimum atomic E-state index is 0.0327. The highest BCUT2D eigenvalue weighted by atomic mass is 32.1. The van der Waals surface area contributed by atoms with Crippen molar-refractivity contribution >= 4 is 28.3 Å². The molecule has 26 heavy (non-hydrogen) atoms. The highest BCUT2D eigenvalue weighted by Gasteiger charge is 2.17. The molecule has 4 aromatic rings. The zero-order valence-electron chi connectivity index (χ0n) is 14.3. The summed E-state index contributed by atoms with van der Waals surface area (Å²) in [6.07, 6.45) is 6.27. The van der Waals surface area contributed by atoms with Gasteiger partial charge in [0.15, 0.2) is 0 Å². The van der Waals surface area contributed by atoms with Gasteiger partial charge < -0.3 is 14.5 Å². The standard InChI is InChI=1S/C20H20N4OS/c25-20(13-19(16-7-12-26-14-16)23-9-3-4-10-23)21-8-11-24-15-22-17-5-1-2-6-18(17)24/h1-7,9-10,12,14-15,19H,8,11,13H2,(H,21,25)/t19-/m1/s1. The van der Waals surface area contributed by atoms with E-state index < -0.39 is 0 Å². The number of para-hydroxylation sites is 2. The molecule has 0 radical (unpaired) electrons. The van der Waals surface area contributed by atoms with Crippen molar-refractivity contribution in [2.24, 2.45) is 0 Å². The van der Waals surface area contributed by atoms with Crippen LogP contribution in [0.4, 0.5) is 0 Å². The number of fused-ring (bicyclic) bond motifs is 1. The lowest BCUT2D eigenvalue weighted by atomic mass is 10.1. The SMILES string of the molecule is O=C(C[C@H](c1ccsc1)n1cccc1)NCCn1cnc2ccccc21. The third kappa shape index (κ3) is 3.55. The average Bonchev–Trinajstić information content (AvgIpc) is 3.41. The number of carbonyl (C=O) groups is 1. The second kappa shape index (κ2) is 7.58. The number of rotatable bonds is 7. The second-order valence-corrected chi connectivity index (χ2v) is 6.96. The maximum Gasteiger partial charge on any atom is 0.222 e. The van der Waals surface area contributed by atoms with Crippen molar-refractivity contribution in [2.75, 3.05) is 6.54 Å². The first kappa shape index (κ1) is 16.6. The predicted octanol–water partition coefficient (Wildman–Crippen LogP) is 3.70. The van der Waals surface area contributed by atoms with E-state index in [1.165, 1.54) is 5.56 Å². The van der Waals surface area contributed by atoms with Gasteiger partial charge in [0, 0.05) is 25.5 Å². The molecule has 0 aliphatic heterocycles. The van der Waals surface area contributed by atoms with Crippen LogP contribution in [0, 0.1) is 0 Å². The molecule has 6 heteroatoms. The molecule has 5 nitrogen and oxygen atoms in total. The first-order valence-electron chi connectivity index (χ1n) is 8.62. The number of nitrogens with one attached hydrogen (secondary N) is 1. The fourth-order valence-corrected chi connectivity index (χ4v) is 3.87. The molecule has 0 fully saturated rings. The van der Waals surface area contributed by atoms with Crippen LogP contribution in [-0.4, -0.2) is 26.6 Å². The van der Waals surface area contributed by atoms with Crippen molar-refractivity contribution < 1.29 is 4.79 Å². The molecule has 1 atom stereocenters. The van der Waals surface area contributed by atoms with Gasteiger partial charge in [0.25, 0.3) is 0 Å². The van der Waals surface area contributed by atoms with E-state index in [1.807, 2.05) is 60.5 Å². The van der Waals surface area contributed by atoms with Crippen molar-refractivity contribution in [1.82, 2.24) is 19.4 Å². The van der Waals surface area contributed by atoms with Crippen LogP contribution in [0.1, 0.15) is 18.0 Å². The Balaban J connectivity index is 1.37. The molecular formula is C20H20N4OS.